The van der Waals surface area contributed by atoms with Crippen LogP contribution in [0, 0.1) is 0 Å². The summed E-state index contributed by atoms with van der Waals surface area (Å²) in [4.78, 5) is 11.9. The quantitative estimate of drug-likeness (QED) is 0.623. The van der Waals surface area contributed by atoms with Crippen LogP contribution >= 0.6 is 0 Å². The topological polar surface area (TPSA) is 57.0 Å². The van der Waals surface area contributed by atoms with E-state index in [4.69, 9.17) is 4.74 Å². The van der Waals surface area contributed by atoms with E-state index in [9.17, 15) is 4.79 Å². The van der Waals surface area contributed by atoms with Crippen LogP contribution in [0.15, 0.2) is 49.1 Å². The first kappa shape index (κ1) is 11.6. The van der Waals surface area contributed by atoms with Crippen LogP contribution in [0.5, 0.6) is 0 Å². The summed E-state index contributed by atoms with van der Waals surface area (Å²) in [6.45, 7) is 0. The maximum absolute atomic E-state index is 11.9. The number of aromatic nitrogens is 3. The lowest BCUT2D eigenvalue weighted by Gasteiger charge is -2.10. The summed E-state index contributed by atoms with van der Waals surface area (Å²) in [6, 6.07) is 7.17. The van der Waals surface area contributed by atoms with Crippen LogP contribution in [0.25, 0.3) is 5.69 Å². The van der Waals surface area contributed by atoms with Gasteiger partial charge in [0.05, 0.1) is 5.56 Å². The number of rotatable bonds is 3. The van der Waals surface area contributed by atoms with Gasteiger partial charge in [0.1, 0.15) is 18.8 Å². The first-order valence-corrected chi connectivity index (χ1v) is 6.15. The third-order valence-corrected chi connectivity index (χ3v) is 3.05. The van der Waals surface area contributed by atoms with Crippen LogP contribution in [0.4, 0.5) is 0 Å². The fourth-order valence-corrected chi connectivity index (χ4v) is 2.01. The van der Waals surface area contributed by atoms with Gasteiger partial charge in [0.15, 0.2) is 0 Å². The molecule has 1 atom stereocenters. The molecule has 1 aromatic carbocycles. The zero-order chi connectivity index (χ0) is 13.1. The molecule has 0 N–H and O–H groups in total. The predicted molar refractivity (Wildman–Crippen MR) is 68.9 cm³/mol. The van der Waals surface area contributed by atoms with Crippen LogP contribution in [-0.4, -0.2) is 26.8 Å². The molecule has 0 amide bonds. The zero-order valence-electron chi connectivity index (χ0n) is 10.3. The summed E-state index contributed by atoms with van der Waals surface area (Å²) < 4.78 is 7.14. The molecule has 2 aromatic rings. The van der Waals surface area contributed by atoms with E-state index in [0.29, 0.717) is 5.56 Å². The third-order valence-electron chi connectivity index (χ3n) is 3.05. The molecule has 19 heavy (non-hydrogen) atoms. The summed E-state index contributed by atoms with van der Waals surface area (Å²) in [5.74, 6) is -0.285. The first-order chi connectivity index (χ1) is 9.33. The van der Waals surface area contributed by atoms with E-state index in [-0.39, 0.29) is 12.1 Å². The number of hydrogen-bond acceptors (Lipinski definition) is 4. The van der Waals surface area contributed by atoms with Crippen molar-refractivity contribution < 1.29 is 9.53 Å². The van der Waals surface area contributed by atoms with Crippen LogP contribution in [0.1, 0.15) is 23.2 Å². The molecule has 0 aliphatic heterocycles. The highest BCUT2D eigenvalue weighted by Gasteiger charge is 2.15. The number of benzene rings is 1. The molecule has 1 heterocycles. The van der Waals surface area contributed by atoms with Gasteiger partial charge in [-0.15, -0.1) is 10.2 Å². The van der Waals surface area contributed by atoms with Gasteiger partial charge in [0.2, 0.25) is 0 Å². The number of carbonyl (C=O) groups is 1. The van der Waals surface area contributed by atoms with Gasteiger partial charge in [-0.2, -0.15) is 0 Å². The van der Waals surface area contributed by atoms with E-state index in [1.165, 1.54) is 0 Å². The van der Waals surface area contributed by atoms with E-state index >= 15 is 0 Å². The Balaban J connectivity index is 1.71. The third kappa shape index (κ3) is 2.54. The minimum atomic E-state index is -0.285. The number of carbonyl (C=O) groups excluding carboxylic acids is 1. The van der Waals surface area contributed by atoms with Gasteiger partial charge < -0.3 is 4.74 Å². The van der Waals surface area contributed by atoms with Gasteiger partial charge in [-0.05, 0) is 43.2 Å². The van der Waals surface area contributed by atoms with Crippen molar-refractivity contribution in [1.82, 2.24) is 14.8 Å². The molecule has 1 aliphatic rings. The molecule has 1 unspecified atom stereocenters. The first-order valence-electron chi connectivity index (χ1n) is 6.15. The van der Waals surface area contributed by atoms with E-state index in [2.05, 4.69) is 10.2 Å². The van der Waals surface area contributed by atoms with Crippen molar-refractivity contribution in [1.29, 1.82) is 0 Å². The summed E-state index contributed by atoms with van der Waals surface area (Å²) >= 11 is 0. The van der Waals surface area contributed by atoms with Crippen LogP contribution in [0.2, 0.25) is 0 Å². The molecular weight excluding hydrogens is 242 g/mol. The second kappa shape index (κ2) is 5.06. The number of allylic oxidation sites excluding steroid dienone is 1. The van der Waals surface area contributed by atoms with Crippen LogP contribution < -0.4 is 0 Å². The highest BCUT2D eigenvalue weighted by molar-refractivity contribution is 5.89. The van der Waals surface area contributed by atoms with E-state index < -0.39 is 0 Å². The molecule has 3 rings (SSSR count). The van der Waals surface area contributed by atoms with Gasteiger partial charge in [0, 0.05) is 5.69 Å². The second-order valence-corrected chi connectivity index (χ2v) is 4.37. The number of ether oxygens (including phenoxy) is 1. The van der Waals surface area contributed by atoms with Gasteiger partial charge >= 0.3 is 5.97 Å². The van der Waals surface area contributed by atoms with Gasteiger partial charge in [0.25, 0.3) is 0 Å². The standard InChI is InChI=1S/C14H13N3O2/c18-14(19-13-3-1-2-4-13)11-5-7-12(8-6-11)17-9-15-16-10-17/h1,3,5-10,13H,2,4H2. The van der Waals surface area contributed by atoms with E-state index in [1.807, 2.05) is 24.3 Å². The Labute approximate surface area is 110 Å². The average Bonchev–Trinajstić information content (AvgIpc) is 3.12. The lowest BCUT2D eigenvalue weighted by atomic mass is 10.2. The predicted octanol–water partition coefficient (Wildman–Crippen LogP) is 2.14. The monoisotopic (exact) mass is 255 g/mol. The van der Waals surface area contributed by atoms with Crippen molar-refractivity contribution in [2.75, 3.05) is 0 Å². The molecule has 5 nitrogen and oxygen atoms in total. The number of hydrogen-bond donors (Lipinski definition) is 0. The lowest BCUT2D eigenvalue weighted by molar-refractivity contribution is 0.0395. The van der Waals surface area contributed by atoms with Crippen LogP contribution in [-0.2, 0) is 4.74 Å². The van der Waals surface area contributed by atoms with E-state index in [1.54, 1.807) is 29.4 Å². The van der Waals surface area contributed by atoms with Gasteiger partial charge in [-0.3, -0.25) is 4.57 Å². The van der Waals surface area contributed by atoms with Crippen molar-refractivity contribution in [2.45, 2.75) is 18.9 Å². The lowest BCUT2D eigenvalue weighted by Crippen LogP contribution is -2.13. The molecule has 0 bridgehead atoms. The second-order valence-electron chi connectivity index (χ2n) is 4.37. The molecule has 0 saturated heterocycles. The van der Waals surface area contributed by atoms with E-state index in [0.717, 1.165) is 18.5 Å². The SMILES string of the molecule is O=C(OC1C=CCC1)c1ccc(-n2cnnc2)cc1. The molecular formula is C14H13N3O2. The Hall–Kier alpha value is -2.43. The molecule has 0 radical (unpaired) electrons. The van der Waals surface area contributed by atoms with Crippen molar-refractivity contribution in [3.8, 4) is 5.69 Å². The van der Waals surface area contributed by atoms with Gasteiger partial charge in [-0.1, -0.05) is 6.08 Å². The normalized spacial score (nSPS) is 17.6. The fourth-order valence-electron chi connectivity index (χ4n) is 2.01. The molecule has 0 spiro atoms. The van der Waals surface area contributed by atoms with Crippen molar-refractivity contribution in [2.24, 2.45) is 0 Å². The van der Waals surface area contributed by atoms with Crippen LogP contribution in [0.3, 0.4) is 0 Å². The Bertz CT molecular complexity index is 588. The summed E-state index contributed by atoms with van der Waals surface area (Å²) in [5, 5.41) is 7.48. The molecule has 1 aliphatic carbocycles. The largest absolute Gasteiger partial charge is 0.455 e. The molecule has 0 saturated carbocycles. The van der Waals surface area contributed by atoms with Gasteiger partial charge in [-0.25, -0.2) is 4.79 Å². The summed E-state index contributed by atoms with van der Waals surface area (Å²) in [5.41, 5.74) is 1.46. The maximum atomic E-state index is 11.9. The molecule has 1 aromatic heterocycles. The van der Waals surface area contributed by atoms with Crippen molar-refractivity contribution in [3.63, 3.8) is 0 Å². The Kier molecular flexibility index (Phi) is 3.10. The van der Waals surface area contributed by atoms with Crippen molar-refractivity contribution >= 4 is 5.97 Å². The summed E-state index contributed by atoms with van der Waals surface area (Å²) in [6.07, 6.45) is 8.96. The number of esters is 1. The summed E-state index contributed by atoms with van der Waals surface area (Å²) in [7, 11) is 0. The average molecular weight is 255 g/mol. The Morgan fingerprint density at radius 3 is 2.58 bits per heavy atom. The highest BCUT2D eigenvalue weighted by atomic mass is 16.5. The smallest absolute Gasteiger partial charge is 0.338 e. The zero-order valence-corrected chi connectivity index (χ0v) is 10.3. The molecule has 0 fully saturated rings. The van der Waals surface area contributed by atoms with Crippen molar-refractivity contribution in [3.05, 3.63) is 54.6 Å². The Morgan fingerprint density at radius 2 is 1.95 bits per heavy atom. The Morgan fingerprint density at radius 1 is 1.21 bits per heavy atom. The minimum Gasteiger partial charge on any atom is -0.455 e. The maximum Gasteiger partial charge on any atom is 0.338 e. The molecule has 96 valence electrons. The molecule has 5 heteroatoms. The highest BCUT2D eigenvalue weighted by Crippen LogP contribution is 2.16. The minimum absolute atomic E-state index is 0.0787. The number of nitrogens with zero attached hydrogens (tertiary/aromatic N) is 3. The fraction of sp³-hybridized carbons (Fsp3) is 0.214.